The van der Waals surface area contributed by atoms with Crippen LogP contribution in [0.3, 0.4) is 0 Å². The van der Waals surface area contributed by atoms with E-state index in [0.717, 1.165) is 5.52 Å². The third-order valence-corrected chi connectivity index (χ3v) is 3.99. The number of para-hydroxylation sites is 3. The Balaban J connectivity index is 1.76. The van der Waals surface area contributed by atoms with Gasteiger partial charge in [0.25, 0.3) is 0 Å². The molecule has 1 amide bonds. The highest BCUT2D eigenvalue weighted by molar-refractivity contribution is 5.95. The molecule has 2 aromatic carbocycles. The molecule has 0 saturated carbocycles. The Morgan fingerprint density at radius 3 is 2.54 bits per heavy atom. The largest absolute Gasteiger partial charge is 0.493 e. The van der Waals surface area contributed by atoms with Crippen LogP contribution < -0.4 is 9.47 Å². The van der Waals surface area contributed by atoms with Crippen molar-refractivity contribution in [3.8, 4) is 17.4 Å². The van der Waals surface area contributed by atoms with Crippen molar-refractivity contribution >= 4 is 22.5 Å². The number of aromatic hydroxyl groups is 1. The number of benzene rings is 2. The van der Waals surface area contributed by atoms with E-state index in [1.807, 2.05) is 37.3 Å². The quantitative estimate of drug-likeness (QED) is 0.457. The second kappa shape index (κ2) is 8.85. The number of hydrogen-bond acceptors (Lipinski definition) is 5. The number of hydrogen-bond donors (Lipinski definition) is 1. The van der Waals surface area contributed by atoms with E-state index < -0.39 is 5.91 Å². The van der Waals surface area contributed by atoms with E-state index in [1.165, 1.54) is 0 Å². The van der Waals surface area contributed by atoms with Crippen LogP contribution in [0.4, 0.5) is 5.69 Å². The first kappa shape index (κ1) is 19.2. The molecule has 0 aliphatic rings. The lowest BCUT2D eigenvalue weighted by molar-refractivity contribution is -0.120. The summed E-state index contributed by atoms with van der Waals surface area (Å²) in [5.41, 5.74) is 1.02. The summed E-state index contributed by atoms with van der Waals surface area (Å²) in [6.45, 7) is 6.17. The Morgan fingerprint density at radius 1 is 1.14 bits per heavy atom. The van der Waals surface area contributed by atoms with Gasteiger partial charge in [-0.25, -0.2) is 0 Å². The lowest BCUT2D eigenvalue weighted by atomic mass is 10.2. The van der Waals surface area contributed by atoms with Gasteiger partial charge in [0.1, 0.15) is 0 Å². The minimum absolute atomic E-state index is 0.0692. The van der Waals surface area contributed by atoms with Crippen molar-refractivity contribution in [2.45, 2.75) is 13.5 Å². The molecule has 0 saturated heterocycles. The Hall–Kier alpha value is -3.61. The van der Waals surface area contributed by atoms with Crippen LogP contribution in [0.2, 0.25) is 0 Å². The van der Waals surface area contributed by atoms with Crippen LogP contribution >= 0.6 is 0 Å². The number of amides is 1. The second-order valence-electron chi connectivity index (χ2n) is 5.85. The van der Waals surface area contributed by atoms with Gasteiger partial charge in [0.15, 0.2) is 23.8 Å². The lowest BCUT2D eigenvalue weighted by Gasteiger charge is -2.09. The molecule has 0 spiro atoms. The molecule has 0 bridgehead atoms. The van der Waals surface area contributed by atoms with E-state index in [2.05, 4.69) is 16.8 Å². The number of rotatable bonds is 8. The smallest absolute Gasteiger partial charge is 0.302 e. The highest BCUT2D eigenvalue weighted by Crippen LogP contribution is 2.38. The van der Waals surface area contributed by atoms with Gasteiger partial charge in [0, 0.05) is 11.9 Å². The molecule has 3 rings (SSSR count). The van der Waals surface area contributed by atoms with E-state index in [-0.39, 0.29) is 18.2 Å². The monoisotopic (exact) mass is 379 g/mol. The van der Waals surface area contributed by atoms with Gasteiger partial charge in [-0.1, -0.05) is 36.4 Å². The van der Waals surface area contributed by atoms with Gasteiger partial charge < -0.3 is 19.1 Å². The number of carbonyl (C=O) groups is 1. The van der Waals surface area contributed by atoms with Gasteiger partial charge in [-0.05, 0) is 25.1 Å². The van der Waals surface area contributed by atoms with Crippen LogP contribution in [0, 0.1) is 0 Å². The maximum absolute atomic E-state index is 12.1. The van der Waals surface area contributed by atoms with E-state index in [0.29, 0.717) is 30.0 Å². The molecule has 1 aromatic heterocycles. The third-order valence-electron chi connectivity index (χ3n) is 3.99. The van der Waals surface area contributed by atoms with Crippen LogP contribution in [0.15, 0.2) is 71.4 Å². The highest BCUT2D eigenvalue weighted by atomic mass is 16.5. The molecule has 0 aliphatic heterocycles. The number of fused-ring (bicyclic) bond motifs is 1. The molecule has 28 heavy (non-hydrogen) atoms. The Morgan fingerprint density at radius 2 is 1.82 bits per heavy atom. The molecule has 0 unspecified atom stereocenters. The fraction of sp³-hybridized carbons (Fsp3) is 0.190. The zero-order chi connectivity index (χ0) is 19.9. The Bertz CT molecular complexity index is 1020. The standard InChI is InChI=1S/C21H21N3O4/c1-3-13-24-16-10-6-5-9-15(16)20(21(24)26)23-22-19(25)14-28-18-12-8-7-11-17(18)27-4-2/h3,5-12,26H,1,4,13-14H2,2H3. The molecule has 7 heteroatoms. The van der Waals surface area contributed by atoms with Gasteiger partial charge in [0.2, 0.25) is 5.88 Å². The molecular weight excluding hydrogens is 358 g/mol. The summed E-state index contributed by atoms with van der Waals surface area (Å²) < 4.78 is 12.6. The first-order chi connectivity index (χ1) is 13.7. The summed E-state index contributed by atoms with van der Waals surface area (Å²) >= 11 is 0. The number of aromatic nitrogens is 1. The molecule has 144 valence electrons. The van der Waals surface area contributed by atoms with E-state index >= 15 is 0 Å². The first-order valence-electron chi connectivity index (χ1n) is 8.86. The van der Waals surface area contributed by atoms with Gasteiger partial charge in [-0.3, -0.25) is 4.79 Å². The van der Waals surface area contributed by atoms with Crippen molar-refractivity contribution in [1.29, 1.82) is 0 Å². The molecule has 1 N–H and O–H groups in total. The maximum atomic E-state index is 12.1. The molecule has 3 aromatic rings. The molecule has 0 fully saturated rings. The summed E-state index contributed by atoms with van der Waals surface area (Å²) in [5.74, 6) is 0.365. The van der Waals surface area contributed by atoms with Gasteiger partial charge >= 0.3 is 5.91 Å². The molecule has 7 nitrogen and oxygen atoms in total. The van der Waals surface area contributed by atoms with Gasteiger partial charge in [-0.15, -0.1) is 16.8 Å². The number of azo groups is 1. The van der Waals surface area contributed by atoms with E-state index in [9.17, 15) is 9.90 Å². The normalized spacial score (nSPS) is 11.0. The summed E-state index contributed by atoms with van der Waals surface area (Å²) in [5, 5.41) is 18.8. The Labute approximate surface area is 162 Å². The van der Waals surface area contributed by atoms with Crippen molar-refractivity contribution in [2.24, 2.45) is 10.2 Å². The SMILES string of the molecule is C=CCn1c(O)c(N=NC(=O)COc2ccccc2OCC)c2ccccc21. The molecule has 0 aliphatic carbocycles. The average molecular weight is 379 g/mol. The topological polar surface area (TPSA) is 85.4 Å². The van der Waals surface area contributed by atoms with Crippen molar-refractivity contribution in [3.63, 3.8) is 0 Å². The number of ether oxygens (including phenoxy) is 2. The fourth-order valence-corrected chi connectivity index (χ4v) is 2.80. The zero-order valence-corrected chi connectivity index (χ0v) is 15.5. The number of carbonyl (C=O) groups excluding carboxylic acids is 1. The highest BCUT2D eigenvalue weighted by Gasteiger charge is 2.16. The molecule has 0 radical (unpaired) electrons. The summed E-state index contributed by atoms with van der Waals surface area (Å²) in [4.78, 5) is 12.1. The average Bonchev–Trinajstić information content (AvgIpc) is 2.98. The summed E-state index contributed by atoms with van der Waals surface area (Å²) in [6, 6.07) is 14.4. The molecular formula is C21H21N3O4. The van der Waals surface area contributed by atoms with Crippen molar-refractivity contribution < 1.29 is 19.4 Å². The van der Waals surface area contributed by atoms with Crippen LogP contribution in [-0.2, 0) is 11.3 Å². The summed E-state index contributed by atoms with van der Waals surface area (Å²) in [7, 11) is 0. The molecule has 1 heterocycles. The zero-order valence-electron chi connectivity index (χ0n) is 15.5. The Kier molecular flexibility index (Phi) is 6.06. The predicted octanol–water partition coefficient (Wildman–Crippen LogP) is 4.62. The number of allylic oxidation sites excluding steroid dienone is 1. The maximum Gasteiger partial charge on any atom is 0.302 e. The third kappa shape index (κ3) is 4.03. The van der Waals surface area contributed by atoms with Gasteiger partial charge in [-0.2, -0.15) is 0 Å². The predicted molar refractivity (Wildman–Crippen MR) is 106 cm³/mol. The molecule has 0 atom stereocenters. The van der Waals surface area contributed by atoms with Crippen LogP contribution in [0.25, 0.3) is 10.9 Å². The summed E-state index contributed by atoms with van der Waals surface area (Å²) in [6.07, 6.45) is 1.67. The lowest BCUT2D eigenvalue weighted by Crippen LogP contribution is -2.08. The fourth-order valence-electron chi connectivity index (χ4n) is 2.80. The van der Waals surface area contributed by atoms with Crippen LogP contribution in [0.1, 0.15) is 6.92 Å². The minimum Gasteiger partial charge on any atom is -0.493 e. The van der Waals surface area contributed by atoms with Crippen molar-refractivity contribution in [2.75, 3.05) is 13.2 Å². The van der Waals surface area contributed by atoms with E-state index in [1.54, 1.807) is 28.8 Å². The second-order valence-corrected chi connectivity index (χ2v) is 5.85. The first-order valence-corrected chi connectivity index (χ1v) is 8.86. The van der Waals surface area contributed by atoms with Crippen LogP contribution in [-0.4, -0.2) is 28.8 Å². The van der Waals surface area contributed by atoms with Crippen molar-refractivity contribution in [1.82, 2.24) is 4.57 Å². The van der Waals surface area contributed by atoms with Crippen LogP contribution in [0.5, 0.6) is 17.4 Å². The van der Waals surface area contributed by atoms with Gasteiger partial charge in [0.05, 0.1) is 12.1 Å². The van der Waals surface area contributed by atoms with Crippen molar-refractivity contribution in [3.05, 3.63) is 61.2 Å². The van der Waals surface area contributed by atoms with E-state index in [4.69, 9.17) is 9.47 Å². The number of nitrogens with zero attached hydrogens (tertiary/aromatic N) is 3. The minimum atomic E-state index is -0.578.